The van der Waals surface area contributed by atoms with Crippen molar-refractivity contribution in [3.8, 4) is 17.0 Å². The molecule has 3 aromatic rings. The number of urea groups is 1. The Morgan fingerprint density at radius 2 is 1.97 bits per heavy atom. The number of hydrogen-bond donors (Lipinski definition) is 1. The van der Waals surface area contributed by atoms with Crippen LogP contribution in [-0.2, 0) is 13.5 Å². The van der Waals surface area contributed by atoms with Crippen molar-refractivity contribution in [2.45, 2.75) is 19.8 Å². The summed E-state index contributed by atoms with van der Waals surface area (Å²) in [5.74, 6) is 0.548. The molecule has 2 amide bonds. The smallest absolute Gasteiger partial charge is 0.317 e. The molecule has 7 heteroatoms. The maximum atomic E-state index is 13.1. The van der Waals surface area contributed by atoms with Gasteiger partial charge in [-0.05, 0) is 73.4 Å². The number of carbonyl (C=O) groups excluding carboxylic acids is 1. The summed E-state index contributed by atoms with van der Waals surface area (Å²) in [5.41, 5.74) is 3.95. The first-order valence-electron chi connectivity index (χ1n) is 10.4. The third-order valence-electron chi connectivity index (χ3n) is 4.98. The van der Waals surface area contributed by atoms with E-state index in [0.717, 1.165) is 41.1 Å². The maximum absolute atomic E-state index is 13.1. The summed E-state index contributed by atoms with van der Waals surface area (Å²) in [6, 6.07) is 16.1. The summed E-state index contributed by atoms with van der Waals surface area (Å²) >= 11 is 0. The fourth-order valence-corrected chi connectivity index (χ4v) is 3.31. The summed E-state index contributed by atoms with van der Waals surface area (Å²) in [4.78, 5) is 13.9. The Kier molecular flexibility index (Phi) is 7.65. The van der Waals surface area contributed by atoms with Crippen LogP contribution < -0.4 is 10.1 Å². The molecular weight excluding hydrogens is 395 g/mol. The molecule has 0 bridgehead atoms. The molecule has 164 valence electrons. The van der Waals surface area contributed by atoms with Crippen LogP contribution in [0, 0.1) is 12.7 Å². The van der Waals surface area contributed by atoms with Gasteiger partial charge in [0.05, 0.1) is 17.9 Å². The summed E-state index contributed by atoms with van der Waals surface area (Å²) < 4.78 is 20.6. The number of nitrogens with zero attached hydrogens (tertiary/aromatic N) is 3. The standard InChI is InChI=1S/C24H29FN4O2/c1-18-6-4-8-22(16-18)31-15-13-26-24(30)28(2)14-5-7-21-17-23(29(3)27-21)19-9-11-20(25)12-10-19/h4,6,8-12,16-17H,5,7,13-15H2,1-3H3,(H,26,30). The van der Waals surface area contributed by atoms with Gasteiger partial charge < -0.3 is 15.0 Å². The largest absolute Gasteiger partial charge is 0.492 e. The molecule has 0 aliphatic heterocycles. The van der Waals surface area contributed by atoms with Gasteiger partial charge in [-0.1, -0.05) is 12.1 Å². The highest BCUT2D eigenvalue weighted by molar-refractivity contribution is 5.73. The average Bonchev–Trinajstić information content (AvgIpc) is 3.12. The van der Waals surface area contributed by atoms with E-state index in [1.807, 2.05) is 44.3 Å². The number of aryl methyl sites for hydroxylation is 3. The minimum Gasteiger partial charge on any atom is -0.492 e. The fourth-order valence-electron chi connectivity index (χ4n) is 3.31. The van der Waals surface area contributed by atoms with Crippen molar-refractivity contribution in [3.63, 3.8) is 0 Å². The molecular formula is C24H29FN4O2. The van der Waals surface area contributed by atoms with Crippen molar-refractivity contribution in [1.82, 2.24) is 20.0 Å². The van der Waals surface area contributed by atoms with E-state index in [0.29, 0.717) is 19.7 Å². The summed E-state index contributed by atoms with van der Waals surface area (Å²) in [7, 11) is 3.65. The molecule has 0 saturated heterocycles. The molecule has 0 aliphatic carbocycles. The van der Waals surface area contributed by atoms with Crippen LogP contribution in [0.4, 0.5) is 9.18 Å². The van der Waals surface area contributed by atoms with E-state index in [4.69, 9.17) is 4.74 Å². The highest BCUT2D eigenvalue weighted by Gasteiger charge is 2.10. The van der Waals surface area contributed by atoms with Crippen molar-refractivity contribution in [2.75, 3.05) is 26.7 Å². The number of nitrogens with one attached hydrogen (secondary N) is 1. The number of halogens is 1. The number of rotatable bonds is 9. The molecule has 31 heavy (non-hydrogen) atoms. The quantitative estimate of drug-likeness (QED) is 0.524. The fraction of sp³-hybridized carbons (Fsp3) is 0.333. The molecule has 0 radical (unpaired) electrons. The van der Waals surface area contributed by atoms with E-state index in [1.165, 1.54) is 12.1 Å². The monoisotopic (exact) mass is 424 g/mol. The minimum atomic E-state index is -0.255. The zero-order valence-corrected chi connectivity index (χ0v) is 18.3. The number of hydrogen-bond acceptors (Lipinski definition) is 3. The van der Waals surface area contributed by atoms with Crippen LogP contribution in [0.25, 0.3) is 11.3 Å². The van der Waals surface area contributed by atoms with Gasteiger partial charge in [0.15, 0.2) is 0 Å². The lowest BCUT2D eigenvalue weighted by atomic mass is 10.1. The summed E-state index contributed by atoms with van der Waals surface area (Å²) in [5, 5.41) is 7.40. The SMILES string of the molecule is Cc1cccc(OCCNC(=O)N(C)CCCc2cc(-c3ccc(F)cc3)n(C)n2)c1. The van der Waals surface area contributed by atoms with E-state index in [9.17, 15) is 9.18 Å². The molecule has 1 heterocycles. The lowest BCUT2D eigenvalue weighted by Gasteiger charge is -2.17. The van der Waals surface area contributed by atoms with Crippen molar-refractivity contribution >= 4 is 6.03 Å². The van der Waals surface area contributed by atoms with Crippen LogP contribution in [0.15, 0.2) is 54.6 Å². The van der Waals surface area contributed by atoms with Crippen LogP contribution >= 0.6 is 0 Å². The van der Waals surface area contributed by atoms with Gasteiger partial charge >= 0.3 is 6.03 Å². The Labute approximate surface area is 182 Å². The maximum Gasteiger partial charge on any atom is 0.317 e. The van der Waals surface area contributed by atoms with E-state index in [1.54, 1.807) is 28.8 Å². The van der Waals surface area contributed by atoms with Crippen LogP contribution in [0.1, 0.15) is 17.7 Å². The average molecular weight is 425 g/mol. The number of carbonyl (C=O) groups is 1. The number of benzene rings is 2. The van der Waals surface area contributed by atoms with Gasteiger partial charge in [-0.15, -0.1) is 0 Å². The second kappa shape index (κ2) is 10.6. The van der Waals surface area contributed by atoms with Gasteiger partial charge in [0, 0.05) is 20.6 Å². The molecule has 0 atom stereocenters. The van der Waals surface area contributed by atoms with Crippen LogP contribution in [0.5, 0.6) is 5.75 Å². The van der Waals surface area contributed by atoms with E-state index in [-0.39, 0.29) is 11.8 Å². The summed E-state index contributed by atoms with van der Waals surface area (Å²) in [6.07, 6.45) is 1.55. The first-order chi connectivity index (χ1) is 14.9. The Morgan fingerprint density at radius 3 is 2.71 bits per heavy atom. The molecule has 3 rings (SSSR count). The van der Waals surface area contributed by atoms with Crippen LogP contribution in [-0.4, -0.2) is 47.5 Å². The normalized spacial score (nSPS) is 10.7. The third kappa shape index (κ3) is 6.57. The Morgan fingerprint density at radius 1 is 1.19 bits per heavy atom. The molecule has 0 fully saturated rings. The lowest BCUT2D eigenvalue weighted by molar-refractivity contribution is 0.205. The predicted molar refractivity (Wildman–Crippen MR) is 120 cm³/mol. The number of ether oxygens (including phenoxy) is 1. The molecule has 1 N–H and O–H groups in total. The van der Waals surface area contributed by atoms with Gasteiger partial charge in [0.2, 0.25) is 0 Å². The zero-order chi connectivity index (χ0) is 22.2. The molecule has 6 nitrogen and oxygen atoms in total. The first-order valence-corrected chi connectivity index (χ1v) is 10.4. The van der Waals surface area contributed by atoms with E-state index in [2.05, 4.69) is 10.4 Å². The predicted octanol–water partition coefficient (Wildman–Crippen LogP) is 4.19. The minimum absolute atomic E-state index is 0.124. The molecule has 2 aromatic carbocycles. The van der Waals surface area contributed by atoms with Gasteiger partial charge in [0.25, 0.3) is 0 Å². The topological polar surface area (TPSA) is 59.4 Å². The molecule has 1 aromatic heterocycles. The highest BCUT2D eigenvalue weighted by Crippen LogP contribution is 2.20. The van der Waals surface area contributed by atoms with Crippen LogP contribution in [0.3, 0.4) is 0 Å². The molecule has 0 saturated carbocycles. The highest BCUT2D eigenvalue weighted by atomic mass is 19.1. The Bertz CT molecular complexity index is 1000. The molecule has 0 aliphatic rings. The zero-order valence-electron chi connectivity index (χ0n) is 18.3. The van der Waals surface area contributed by atoms with E-state index < -0.39 is 0 Å². The third-order valence-corrected chi connectivity index (χ3v) is 4.98. The van der Waals surface area contributed by atoms with Crippen LogP contribution in [0.2, 0.25) is 0 Å². The van der Waals surface area contributed by atoms with Gasteiger partial charge in [-0.3, -0.25) is 4.68 Å². The molecule has 0 spiro atoms. The van der Waals surface area contributed by atoms with Gasteiger partial charge in [-0.25, -0.2) is 9.18 Å². The summed E-state index contributed by atoms with van der Waals surface area (Å²) in [6.45, 7) is 3.49. The van der Waals surface area contributed by atoms with Gasteiger partial charge in [-0.2, -0.15) is 5.10 Å². The number of aromatic nitrogens is 2. The Hall–Kier alpha value is -3.35. The first kappa shape index (κ1) is 22.3. The Balaban J connectivity index is 1.38. The second-order valence-electron chi connectivity index (χ2n) is 7.57. The number of amides is 2. The van der Waals surface area contributed by atoms with Crippen molar-refractivity contribution < 1.29 is 13.9 Å². The molecule has 0 unspecified atom stereocenters. The second-order valence-corrected chi connectivity index (χ2v) is 7.57. The van der Waals surface area contributed by atoms with Crippen molar-refractivity contribution in [2.24, 2.45) is 7.05 Å². The van der Waals surface area contributed by atoms with E-state index >= 15 is 0 Å². The lowest BCUT2D eigenvalue weighted by Crippen LogP contribution is -2.39. The van der Waals surface area contributed by atoms with Crippen molar-refractivity contribution in [3.05, 3.63) is 71.7 Å². The van der Waals surface area contributed by atoms with Crippen molar-refractivity contribution in [1.29, 1.82) is 0 Å². The van der Waals surface area contributed by atoms with Gasteiger partial charge in [0.1, 0.15) is 18.2 Å².